The predicted octanol–water partition coefficient (Wildman–Crippen LogP) is 3.90. The number of amides is 1. The molecule has 0 fully saturated rings. The third-order valence-corrected chi connectivity index (χ3v) is 4.09. The highest BCUT2D eigenvalue weighted by Crippen LogP contribution is 2.18. The van der Waals surface area contributed by atoms with E-state index >= 15 is 0 Å². The molecule has 0 saturated carbocycles. The number of carbonyl (C=O) groups is 1. The van der Waals surface area contributed by atoms with Gasteiger partial charge >= 0.3 is 0 Å². The predicted molar refractivity (Wildman–Crippen MR) is 90.0 cm³/mol. The van der Waals surface area contributed by atoms with Crippen molar-refractivity contribution in [1.82, 2.24) is 14.7 Å². The van der Waals surface area contributed by atoms with Crippen LogP contribution in [0.1, 0.15) is 34.7 Å². The summed E-state index contributed by atoms with van der Waals surface area (Å²) in [5, 5.41) is 3.04. The summed E-state index contributed by atoms with van der Waals surface area (Å²) < 4.78 is 2.72. The molecule has 1 N–H and O–H groups in total. The van der Waals surface area contributed by atoms with Crippen molar-refractivity contribution in [2.24, 2.45) is 0 Å². The highest BCUT2D eigenvalue weighted by atomic mass is 79.9. The van der Waals surface area contributed by atoms with Crippen molar-refractivity contribution in [3.63, 3.8) is 0 Å². The zero-order valence-corrected chi connectivity index (χ0v) is 14.0. The largest absolute Gasteiger partial charge is 0.344 e. The van der Waals surface area contributed by atoms with Gasteiger partial charge in [0.15, 0.2) is 0 Å². The van der Waals surface area contributed by atoms with Crippen molar-refractivity contribution in [2.45, 2.75) is 19.9 Å². The minimum absolute atomic E-state index is 0.0641. The van der Waals surface area contributed by atoms with Crippen LogP contribution in [0.3, 0.4) is 0 Å². The number of carbonyl (C=O) groups excluding carboxylic acids is 1. The molecule has 0 bridgehead atoms. The van der Waals surface area contributed by atoms with Crippen molar-refractivity contribution in [2.75, 3.05) is 0 Å². The van der Waals surface area contributed by atoms with Gasteiger partial charge in [-0.05, 0) is 47.5 Å². The third kappa shape index (κ3) is 2.76. The lowest BCUT2D eigenvalue weighted by Crippen LogP contribution is -2.28. The van der Waals surface area contributed by atoms with Gasteiger partial charge < -0.3 is 5.32 Å². The van der Waals surface area contributed by atoms with Gasteiger partial charge in [0.05, 0.1) is 11.7 Å². The fourth-order valence-corrected chi connectivity index (χ4v) is 2.84. The summed E-state index contributed by atoms with van der Waals surface area (Å²) >= 11 is 3.43. The van der Waals surface area contributed by atoms with E-state index < -0.39 is 0 Å². The van der Waals surface area contributed by atoms with Crippen LogP contribution < -0.4 is 5.32 Å². The maximum atomic E-state index is 12.6. The van der Waals surface area contributed by atoms with Gasteiger partial charge in [-0.25, -0.2) is 4.98 Å². The summed E-state index contributed by atoms with van der Waals surface area (Å²) in [6.45, 7) is 3.82. The Balaban J connectivity index is 1.92. The van der Waals surface area contributed by atoms with Crippen LogP contribution in [0.2, 0.25) is 0 Å². The van der Waals surface area contributed by atoms with Crippen LogP contribution in [-0.2, 0) is 0 Å². The zero-order chi connectivity index (χ0) is 15.7. The molecule has 0 aliphatic carbocycles. The van der Waals surface area contributed by atoms with E-state index in [4.69, 9.17) is 0 Å². The Morgan fingerprint density at radius 1 is 1.23 bits per heavy atom. The minimum Gasteiger partial charge on any atom is -0.344 e. The SMILES string of the molecule is Cc1nc2ccc(Br)cn2c1C(=O)NC(C)c1ccccc1. The molecule has 112 valence electrons. The van der Waals surface area contributed by atoms with Gasteiger partial charge in [0.1, 0.15) is 11.3 Å². The Bertz CT molecular complexity index is 827. The lowest BCUT2D eigenvalue weighted by atomic mass is 10.1. The summed E-state index contributed by atoms with van der Waals surface area (Å²) in [5.41, 5.74) is 3.12. The van der Waals surface area contributed by atoms with Gasteiger partial charge in [0, 0.05) is 10.7 Å². The molecule has 0 aliphatic rings. The van der Waals surface area contributed by atoms with Crippen molar-refractivity contribution in [3.05, 3.63) is 70.1 Å². The van der Waals surface area contributed by atoms with Crippen LogP contribution in [0.5, 0.6) is 0 Å². The number of aryl methyl sites for hydroxylation is 1. The van der Waals surface area contributed by atoms with Crippen molar-refractivity contribution >= 4 is 27.5 Å². The molecular weight excluding hydrogens is 342 g/mol. The highest BCUT2D eigenvalue weighted by Gasteiger charge is 2.18. The van der Waals surface area contributed by atoms with E-state index in [-0.39, 0.29) is 11.9 Å². The van der Waals surface area contributed by atoms with Crippen LogP contribution in [0, 0.1) is 6.92 Å². The Hall–Kier alpha value is -2.14. The first-order valence-corrected chi connectivity index (χ1v) is 7.85. The first-order valence-electron chi connectivity index (χ1n) is 7.06. The van der Waals surface area contributed by atoms with E-state index in [1.54, 1.807) is 0 Å². The average Bonchev–Trinajstić information content (AvgIpc) is 2.83. The van der Waals surface area contributed by atoms with E-state index in [9.17, 15) is 4.79 Å². The molecule has 0 aliphatic heterocycles. The van der Waals surface area contributed by atoms with E-state index in [0.29, 0.717) is 5.69 Å². The molecule has 3 rings (SSSR count). The minimum atomic E-state index is -0.126. The zero-order valence-electron chi connectivity index (χ0n) is 12.4. The molecule has 0 radical (unpaired) electrons. The molecule has 1 aromatic carbocycles. The van der Waals surface area contributed by atoms with Crippen LogP contribution in [-0.4, -0.2) is 15.3 Å². The monoisotopic (exact) mass is 357 g/mol. The second-order valence-electron chi connectivity index (χ2n) is 5.23. The van der Waals surface area contributed by atoms with Crippen LogP contribution in [0.4, 0.5) is 0 Å². The molecule has 1 unspecified atom stereocenters. The average molecular weight is 358 g/mol. The molecule has 1 atom stereocenters. The number of benzene rings is 1. The Morgan fingerprint density at radius 3 is 2.68 bits per heavy atom. The second kappa shape index (κ2) is 5.93. The van der Waals surface area contributed by atoms with Gasteiger partial charge in [0.25, 0.3) is 5.91 Å². The highest BCUT2D eigenvalue weighted by molar-refractivity contribution is 9.10. The number of rotatable bonds is 3. The standard InChI is InChI=1S/C17H16BrN3O/c1-11(13-6-4-3-5-7-13)20-17(22)16-12(2)19-15-9-8-14(18)10-21(15)16/h3-11H,1-2H3,(H,20,22). The van der Waals surface area contributed by atoms with E-state index in [1.807, 2.05) is 66.9 Å². The quantitative estimate of drug-likeness (QED) is 0.772. The van der Waals surface area contributed by atoms with E-state index in [0.717, 1.165) is 21.4 Å². The lowest BCUT2D eigenvalue weighted by molar-refractivity contribution is 0.0933. The molecule has 0 saturated heterocycles. The molecule has 1 amide bonds. The topological polar surface area (TPSA) is 46.4 Å². The number of imidazole rings is 1. The van der Waals surface area contributed by atoms with Gasteiger partial charge in [-0.3, -0.25) is 9.20 Å². The van der Waals surface area contributed by atoms with Crippen molar-refractivity contribution in [3.8, 4) is 0 Å². The summed E-state index contributed by atoms with van der Waals surface area (Å²) in [6, 6.07) is 13.6. The Kier molecular flexibility index (Phi) is 3.98. The number of aromatic nitrogens is 2. The van der Waals surface area contributed by atoms with Gasteiger partial charge in [-0.15, -0.1) is 0 Å². The first kappa shape index (κ1) is 14.8. The number of hydrogen-bond acceptors (Lipinski definition) is 2. The summed E-state index contributed by atoms with van der Waals surface area (Å²) in [4.78, 5) is 17.1. The maximum Gasteiger partial charge on any atom is 0.270 e. The molecule has 4 nitrogen and oxygen atoms in total. The molecule has 2 heterocycles. The third-order valence-electron chi connectivity index (χ3n) is 3.62. The molecule has 5 heteroatoms. The molecule has 2 aromatic heterocycles. The number of halogens is 1. The maximum absolute atomic E-state index is 12.6. The first-order chi connectivity index (χ1) is 10.6. The molecule has 3 aromatic rings. The smallest absolute Gasteiger partial charge is 0.270 e. The van der Waals surface area contributed by atoms with Crippen LogP contribution >= 0.6 is 15.9 Å². The van der Waals surface area contributed by atoms with Crippen LogP contribution in [0.25, 0.3) is 5.65 Å². The summed E-state index contributed by atoms with van der Waals surface area (Å²) in [7, 11) is 0. The molecule has 22 heavy (non-hydrogen) atoms. The number of nitrogens with zero attached hydrogens (tertiary/aromatic N) is 2. The fourth-order valence-electron chi connectivity index (χ4n) is 2.50. The second-order valence-corrected chi connectivity index (χ2v) is 6.14. The number of nitrogens with one attached hydrogen (secondary N) is 1. The van der Waals surface area contributed by atoms with Crippen molar-refractivity contribution < 1.29 is 4.79 Å². The molecular formula is C17H16BrN3O. The van der Waals surface area contributed by atoms with Crippen molar-refractivity contribution in [1.29, 1.82) is 0 Å². The lowest BCUT2D eigenvalue weighted by Gasteiger charge is -2.14. The molecule has 0 spiro atoms. The van der Waals surface area contributed by atoms with Gasteiger partial charge in [0.2, 0.25) is 0 Å². The van der Waals surface area contributed by atoms with Gasteiger partial charge in [-0.1, -0.05) is 30.3 Å². The van der Waals surface area contributed by atoms with Crippen LogP contribution in [0.15, 0.2) is 53.1 Å². The number of pyridine rings is 1. The van der Waals surface area contributed by atoms with E-state index in [2.05, 4.69) is 26.2 Å². The Labute approximate surface area is 137 Å². The normalized spacial score (nSPS) is 12.3. The van der Waals surface area contributed by atoms with E-state index in [1.165, 1.54) is 0 Å². The summed E-state index contributed by atoms with van der Waals surface area (Å²) in [5.74, 6) is -0.126. The summed E-state index contributed by atoms with van der Waals surface area (Å²) in [6.07, 6.45) is 1.86. The van der Waals surface area contributed by atoms with Gasteiger partial charge in [-0.2, -0.15) is 0 Å². The number of fused-ring (bicyclic) bond motifs is 1. The number of hydrogen-bond donors (Lipinski definition) is 1. The fraction of sp³-hybridized carbons (Fsp3) is 0.176. The Morgan fingerprint density at radius 2 is 1.95 bits per heavy atom.